The highest BCUT2D eigenvalue weighted by Crippen LogP contribution is 2.62. The molecule has 2 fully saturated rings. The van der Waals surface area contributed by atoms with E-state index in [9.17, 15) is 20.1 Å². The van der Waals surface area contributed by atoms with Crippen LogP contribution in [0.1, 0.15) is 76.8 Å². The summed E-state index contributed by atoms with van der Waals surface area (Å²) in [6.45, 7) is 13.5. The molecule has 2 aromatic carbocycles. The highest BCUT2D eigenvalue weighted by Gasteiger charge is 2.54. The van der Waals surface area contributed by atoms with E-state index in [2.05, 4.69) is 33.4 Å². The second-order valence-electron chi connectivity index (χ2n) is 13.3. The van der Waals surface area contributed by atoms with Gasteiger partial charge in [-0.2, -0.15) is 0 Å². The molecule has 1 aromatic heterocycles. The zero-order chi connectivity index (χ0) is 28.6. The van der Waals surface area contributed by atoms with Crippen LogP contribution in [-0.4, -0.2) is 21.4 Å². The molecule has 6 rings (SSSR count). The molecule has 0 saturated heterocycles. The number of aliphatic hydroxyl groups excluding tert-OH is 1. The third-order valence-electron chi connectivity index (χ3n) is 10.7. The normalized spacial score (nSPS) is 29.5. The highest BCUT2D eigenvalue weighted by molar-refractivity contribution is 5.85. The summed E-state index contributed by atoms with van der Waals surface area (Å²) in [4.78, 5) is 13.9. The van der Waals surface area contributed by atoms with E-state index in [1.165, 1.54) is 25.0 Å². The van der Waals surface area contributed by atoms with Gasteiger partial charge in [0.05, 0.1) is 22.6 Å². The van der Waals surface area contributed by atoms with Gasteiger partial charge >= 0.3 is 0 Å². The highest BCUT2D eigenvalue weighted by atomic mass is 16.3. The Labute approximate surface area is 235 Å². The van der Waals surface area contributed by atoms with Crippen molar-refractivity contribution in [3.05, 3.63) is 81.5 Å². The molecule has 5 heteroatoms. The number of allylic oxidation sites excluding steroid dienone is 2. The van der Waals surface area contributed by atoms with Crippen LogP contribution in [0.3, 0.4) is 0 Å². The number of hydrogen-bond donors (Lipinski definition) is 3. The summed E-state index contributed by atoms with van der Waals surface area (Å²) in [5, 5.41) is 33.2. The third-order valence-corrected chi connectivity index (χ3v) is 10.7. The largest absolute Gasteiger partial charge is 0.508 e. The minimum Gasteiger partial charge on any atom is -0.508 e. The molecule has 3 N–H and O–H groups in total. The Morgan fingerprint density at radius 2 is 1.82 bits per heavy atom. The second-order valence-corrected chi connectivity index (χ2v) is 13.3. The van der Waals surface area contributed by atoms with Crippen LogP contribution in [0.4, 0.5) is 0 Å². The van der Waals surface area contributed by atoms with E-state index < -0.39 is 6.10 Å². The first-order valence-electron chi connectivity index (χ1n) is 14.6. The van der Waals surface area contributed by atoms with Gasteiger partial charge in [-0.1, -0.05) is 57.6 Å². The minimum atomic E-state index is -0.505. The maximum absolute atomic E-state index is 13.9. The first kappa shape index (κ1) is 26.9. The SMILES string of the molecule is C=C1C(C/C=C(\C)C2Cc3c(O)ccc(O)c3-c3oc4ccccc4c(=O)c32)[C@@]2(C)CCCC(C)(C)C2C[C@@H]1O. The molecule has 0 amide bonds. The first-order valence-corrected chi connectivity index (χ1v) is 14.6. The molecule has 1 heterocycles. The van der Waals surface area contributed by atoms with Gasteiger partial charge in [0.2, 0.25) is 0 Å². The first-order chi connectivity index (χ1) is 18.9. The molecule has 5 atom stereocenters. The topological polar surface area (TPSA) is 90.9 Å². The fourth-order valence-corrected chi connectivity index (χ4v) is 8.51. The standard InChI is InChI=1S/C35H40O5/c1-19(11-12-24-20(2)27(38)18-29-34(3,4)15-8-16-35(24,29)5)22-17-23-25(36)13-14-26(37)30(23)33-31(22)32(39)21-9-6-7-10-28(21)40-33/h6-7,9-11,13-14,22,24,27,29,36-38H,2,8,12,15-18H2,1,3-5H3/b19-11+/t22?,24?,27-,29?,35+/m0/s1. The molecule has 0 radical (unpaired) electrons. The second kappa shape index (κ2) is 9.37. The van der Waals surface area contributed by atoms with Crippen molar-refractivity contribution in [1.29, 1.82) is 0 Å². The Balaban J connectivity index is 1.45. The van der Waals surface area contributed by atoms with Gasteiger partial charge in [-0.05, 0) is 91.5 Å². The molecule has 210 valence electrons. The van der Waals surface area contributed by atoms with E-state index >= 15 is 0 Å². The summed E-state index contributed by atoms with van der Waals surface area (Å²) in [6.07, 6.45) is 7.06. The number of para-hydroxylation sites is 1. The monoisotopic (exact) mass is 540 g/mol. The van der Waals surface area contributed by atoms with Crippen molar-refractivity contribution in [1.82, 2.24) is 0 Å². The lowest BCUT2D eigenvalue weighted by Crippen LogP contribution is -2.52. The van der Waals surface area contributed by atoms with Gasteiger partial charge in [-0.25, -0.2) is 0 Å². The smallest absolute Gasteiger partial charge is 0.197 e. The predicted molar refractivity (Wildman–Crippen MR) is 159 cm³/mol. The van der Waals surface area contributed by atoms with Crippen LogP contribution in [0.25, 0.3) is 22.3 Å². The van der Waals surface area contributed by atoms with Crippen LogP contribution in [-0.2, 0) is 6.42 Å². The van der Waals surface area contributed by atoms with Gasteiger partial charge in [0, 0.05) is 11.5 Å². The number of phenolic OH excluding ortho intramolecular Hbond substituents is 2. The van der Waals surface area contributed by atoms with Crippen LogP contribution < -0.4 is 5.43 Å². The van der Waals surface area contributed by atoms with Crippen LogP contribution in [0.2, 0.25) is 0 Å². The number of aliphatic hydroxyl groups is 1. The Hall–Kier alpha value is -3.31. The molecule has 5 nitrogen and oxygen atoms in total. The summed E-state index contributed by atoms with van der Waals surface area (Å²) in [5.41, 5.74) is 3.99. The Morgan fingerprint density at radius 1 is 1.10 bits per heavy atom. The number of fused-ring (bicyclic) bond motifs is 5. The van der Waals surface area contributed by atoms with E-state index in [1.807, 2.05) is 19.1 Å². The van der Waals surface area contributed by atoms with E-state index in [4.69, 9.17) is 4.42 Å². The number of hydrogen-bond acceptors (Lipinski definition) is 5. The maximum Gasteiger partial charge on any atom is 0.197 e. The Morgan fingerprint density at radius 3 is 2.60 bits per heavy atom. The van der Waals surface area contributed by atoms with E-state index in [0.29, 0.717) is 45.8 Å². The lowest BCUT2D eigenvalue weighted by molar-refractivity contribution is -0.0809. The third kappa shape index (κ3) is 3.96. The van der Waals surface area contributed by atoms with Crippen molar-refractivity contribution in [3.8, 4) is 22.8 Å². The quantitative estimate of drug-likeness (QED) is 0.235. The molecule has 3 aromatic rings. The van der Waals surface area contributed by atoms with Crippen molar-refractivity contribution in [3.63, 3.8) is 0 Å². The van der Waals surface area contributed by atoms with Crippen molar-refractivity contribution in [2.24, 2.45) is 22.7 Å². The van der Waals surface area contributed by atoms with Gasteiger partial charge in [-0.15, -0.1) is 0 Å². The summed E-state index contributed by atoms with van der Waals surface area (Å²) in [7, 11) is 0. The predicted octanol–water partition coefficient (Wildman–Crippen LogP) is 7.62. The molecule has 3 aliphatic carbocycles. The summed E-state index contributed by atoms with van der Waals surface area (Å²) in [6, 6.07) is 10.1. The maximum atomic E-state index is 13.9. The lowest BCUT2D eigenvalue weighted by atomic mass is 9.46. The average Bonchev–Trinajstić information content (AvgIpc) is 2.91. The number of phenols is 2. The fraction of sp³-hybridized carbons (Fsp3) is 0.457. The molecule has 0 spiro atoms. The van der Waals surface area contributed by atoms with Crippen LogP contribution in [0.5, 0.6) is 11.5 Å². The zero-order valence-electron chi connectivity index (χ0n) is 24.0. The lowest BCUT2D eigenvalue weighted by Gasteiger charge is -2.59. The Bertz CT molecular complexity index is 1610. The fourth-order valence-electron chi connectivity index (χ4n) is 8.51. The summed E-state index contributed by atoms with van der Waals surface area (Å²) >= 11 is 0. The van der Waals surface area contributed by atoms with Crippen LogP contribution in [0.15, 0.2) is 69.4 Å². The molecule has 0 bridgehead atoms. The molecular weight excluding hydrogens is 500 g/mol. The number of rotatable bonds is 3. The summed E-state index contributed by atoms with van der Waals surface area (Å²) < 4.78 is 6.30. The van der Waals surface area contributed by atoms with Gasteiger partial charge < -0.3 is 19.7 Å². The Kier molecular flexibility index (Phi) is 6.30. The van der Waals surface area contributed by atoms with Crippen molar-refractivity contribution in [2.75, 3.05) is 0 Å². The van der Waals surface area contributed by atoms with Crippen LogP contribution in [0, 0.1) is 22.7 Å². The van der Waals surface area contributed by atoms with Gasteiger partial charge in [-0.3, -0.25) is 4.79 Å². The molecule has 0 aliphatic heterocycles. The average molecular weight is 541 g/mol. The van der Waals surface area contributed by atoms with E-state index in [1.54, 1.807) is 12.1 Å². The zero-order valence-corrected chi connectivity index (χ0v) is 24.0. The van der Waals surface area contributed by atoms with Crippen molar-refractivity contribution < 1.29 is 19.7 Å². The molecule has 3 aliphatic rings. The van der Waals surface area contributed by atoms with E-state index in [-0.39, 0.29) is 39.6 Å². The number of benzene rings is 2. The van der Waals surface area contributed by atoms with Gasteiger partial charge in [0.1, 0.15) is 22.8 Å². The molecule has 40 heavy (non-hydrogen) atoms. The molecule has 3 unspecified atom stereocenters. The van der Waals surface area contributed by atoms with Gasteiger partial charge in [0.15, 0.2) is 5.43 Å². The number of aromatic hydroxyl groups is 2. The minimum absolute atomic E-state index is 0.0149. The molecule has 2 saturated carbocycles. The summed E-state index contributed by atoms with van der Waals surface area (Å²) in [5.74, 6) is 0.624. The van der Waals surface area contributed by atoms with Crippen molar-refractivity contribution in [2.45, 2.75) is 78.2 Å². The van der Waals surface area contributed by atoms with Crippen molar-refractivity contribution >= 4 is 11.0 Å². The van der Waals surface area contributed by atoms with Gasteiger partial charge in [0.25, 0.3) is 0 Å². The molecular formula is C35H40O5. The van der Waals surface area contributed by atoms with Crippen LogP contribution >= 0.6 is 0 Å². The van der Waals surface area contributed by atoms with E-state index in [0.717, 1.165) is 30.4 Å².